The molecule has 5 nitrogen and oxygen atoms in total. The molecule has 23 heavy (non-hydrogen) atoms. The number of amides is 1. The number of rotatable bonds is 5. The summed E-state index contributed by atoms with van der Waals surface area (Å²) in [4.78, 5) is 12.6. The normalized spacial score (nSPS) is 10.1. The van der Waals surface area contributed by atoms with E-state index in [9.17, 15) is 4.79 Å². The molecule has 0 aliphatic heterocycles. The molecule has 0 heterocycles. The van der Waals surface area contributed by atoms with Crippen LogP contribution in [0.5, 0.6) is 17.2 Å². The van der Waals surface area contributed by atoms with Crippen LogP contribution in [0.15, 0.2) is 34.8 Å². The lowest BCUT2D eigenvalue weighted by atomic mass is 10.1. The van der Waals surface area contributed by atoms with Crippen molar-refractivity contribution >= 4 is 27.5 Å². The third-order valence-electron chi connectivity index (χ3n) is 3.41. The SMILES string of the molecule is COc1cc(C(=O)Nc2ccccc2C)c(Br)c(OC)c1OC. The van der Waals surface area contributed by atoms with Crippen LogP contribution in [-0.2, 0) is 0 Å². The fraction of sp³-hybridized carbons (Fsp3) is 0.235. The largest absolute Gasteiger partial charge is 0.493 e. The summed E-state index contributed by atoms with van der Waals surface area (Å²) in [6.07, 6.45) is 0. The highest BCUT2D eigenvalue weighted by Gasteiger charge is 2.23. The van der Waals surface area contributed by atoms with Crippen molar-refractivity contribution in [3.8, 4) is 17.2 Å². The van der Waals surface area contributed by atoms with Gasteiger partial charge in [0, 0.05) is 5.69 Å². The van der Waals surface area contributed by atoms with E-state index in [0.717, 1.165) is 11.3 Å². The molecule has 1 N–H and O–H groups in total. The summed E-state index contributed by atoms with van der Waals surface area (Å²) in [6.45, 7) is 1.93. The van der Waals surface area contributed by atoms with E-state index in [4.69, 9.17) is 14.2 Å². The Kier molecular flexibility index (Phi) is 5.50. The maximum Gasteiger partial charge on any atom is 0.257 e. The van der Waals surface area contributed by atoms with E-state index >= 15 is 0 Å². The molecule has 2 rings (SSSR count). The van der Waals surface area contributed by atoms with E-state index in [2.05, 4.69) is 21.2 Å². The third kappa shape index (κ3) is 3.42. The van der Waals surface area contributed by atoms with E-state index in [1.54, 1.807) is 6.07 Å². The number of carbonyl (C=O) groups is 1. The Bertz CT molecular complexity index is 731. The predicted molar refractivity (Wildman–Crippen MR) is 92.9 cm³/mol. The number of hydrogen-bond acceptors (Lipinski definition) is 4. The molecule has 0 saturated carbocycles. The van der Waals surface area contributed by atoms with E-state index in [-0.39, 0.29) is 5.91 Å². The summed E-state index contributed by atoms with van der Waals surface area (Å²) >= 11 is 3.41. The molecular formula is C17H18BrNO4. The van der Waals surface area contributed by atoms with Crippen molar-refractivity contribution in [3.63, 3.8) is 0 Å². The highest BCUT2D eigenvalue weighted by atomic mass is 79.9. The Balaban J connectivity index is 2.46. The van der Waals surface area contributed by atoms with Gasteiger partial charge >= 0.3 is 0 Å². The molecule has 0 spiro atoms. The molecule has 2 aromatic carbocycles. The summed E-state index contributed by atoms with van der Waals surface area (Å²) in [5.74, 6) is 0.976. The van der Waals surface area contributed by atoms with Gasteiger partial charge in [-0.3, -0.25) is 4.79 Å². The van der Waals surface area contributed by atoms with E-state index < -0.39 is 0 Å². The Hall–Kier alpha value is -2.21. The molecule has 0 bridgehead atoms. The van der Waals surface area contributed by atoms with Crippen molar-refractivity contribution in [3.05, 3.63) is 45.9 Å². The average molecular weight is 380 g/mol. The van der Waals surface area contributed by atoms with Crippen molar-refractivity contribution in [1.29, 1.82) is 0 Å². The predicted octanol–water partition coefficient (Wildman–Crippen LogP) is 4.04. The minimum atomic E-state index is -0.273. The van der Waals surface area contributed by atoms with Crippen molar-refractivity contribution in [2.24, 2.45) is 0 Å². The lowest BCUT2D eigenvalue weighted by molar-refractivity contribution is 0.102. The number of halogens is 1. The fourth-order valence-electron chi connectivity index (χ4n) is 2.19. The van der Waals surface area contributed by atoms with E-state index in [1.165, 1.54) is 21.3 Å². The molecule has 0 unspecified atom stereocenters. The Morgan fingerprint density at radius 3 is 2.26 bits per heavy atom. The van der Waals surface area contributed by atoms with E-state index in [1.807, 2.05) is 31.2 Å². The summed E-state index contributed by atoms with van der Waals surface area (Å²) in [7, 11) is 4.53. The Labute approximate surface area is 143 Å². The third-order valence-corrected chi connectivity index (χ3v) is 4.19. The monoisotopic (exact) mass is 379 g/mol. The molecule has 2 aromatic rings. The topological polar surface area (TPSA) is 56.8 Å². The molecule has 6 heteroatoms. The van der Waals surface area contributed by atoms with Gasteiger partial charge < -0.3 is 19.5 Å². The van der Waals surface area contributed by atoms with Crippen LogP contribution in [-0.4, -0.2) is 27.2 Å². The number of hydrogen-bond donors (Lipinski definition) is 1. The number of anilines is 1. The zero-order valence-corrected chi connectivity index (χ0v) is 15.0. The van der Waals surface area contributed by atoms with E-state index in [0.29, 0.717) is 27.3 Å². The van der Waals surface area contributed by atoms with Crippen molar-refractivity contribution < 1.29 is 19.0 Å². The van der Waals surface area contributed by atoms with Crippen LogP contribution in [0.4, 0.5) is 5.69 Å². The molecule has 0 aromatic heterocycles. The first-order valence-electron chi connectivity index (χ1n) is 6.88. The minimum absolute atomic E-state index is 0.273. The van der Waals surface area contributed by atoms with Crippen molar-refractivity contribution in [2.75, 3.05) is 26.6 Å². The summed E-state index contributed by atoms with van der Waals surface area (Å²) in [5, 5.41) is 2.89. The van der Waals surface area contributed by atoms with Gasteiger partial charge in [0.1, 0.15) is 0 Å². The first-order chi connectivity index (χ1) is 11.0. The van der Waals surface area contributed by atoms with Crippen LogP contribution in [0, 0.1) is 6.92 Å². The molecule has 122 valence electrons. The highest BCUT2D eigenvalue weighted by Crippen LogP contribution is 2.44. The summed E-state index contributed by atoms with van der Waals surface area (Å²) < 4.78 is 16.4. The second-order valence-corrected chi connectivity index (χ2v) is 5.57. The lowest BCUT2D eigenvalue weighted by Crippen LogP contribution is -2.14. The summed E-state index contributed by atoms with van der Waals surface area (Å²) in [5.41, 5.74) is 2.12. The fourth-order valence-corrected chi connectivity index (χ4v) is 2.83. The van der Waals surface area contributed by atoms with Gasteiger partial charge in [-0.15, -0.1) is 0 Å². The first kappa shape index (κ1) is 17.1. The number of methoxy groups -OCH3 is 3. The molecule has 1 amide bonds. The quantitative estimate of drug-likeness (QED) is 0.851. The standard InChI is InChI=1S/C17H18BrNO4/c1-10-7-5-6-8-12(10)19-17(20)11-9-13(21-2)15(22-3)16(23-4)14(11)18/h5-9H,1-4H3,(H,19,20). The van der Waals surface area contributed by atoms with Crippen LogP contribution in [0.2, 0.25) is 0 Å². The van der Waals surface area contributed by atoms with Gasteiger partial charge in [-0.25, -0.2) is 0 Å². The Morgan fingerprint density at radius 1 is 1.04 bits per heavy atom. The number of carbonyl (C=O) groups excluding carboxylic acids is 1. The highest BCUT2D eigenvalue weighted by molar-refractivity contribution is 9.10. The van der Waals surface area contributed by atoms with Gasteiger partial charge in [0.25, 0.3) is 5.91 Å². The second kappa shape index (κ2) is 7.37. The lowest BCUT2D eigenvalue weighted by Gasteiger charge is -2.17. The van der Waals surface area contributed by atoms with Crippen LogP contribution in [0.1, 0.15) is 15.9 Å². The maximum atomic E-state index is 12.6. The van der Waals surface area contributed by atoms with Crippen molar-refractivity contribution in [2.45, 2.75) is 6.92 Å². The molecule has 0 saturated heterocycles. The molecule has 0 radical (unpaired) electrons. The first-order valence-corrected chi connectivity index (χ1v) is 7.68. The molecule has 0 atom stereocenters. The van der Waals surface area contributed by atoms with Gasteiger partial charge in [-0.2, -0.15) is 0 Å². The Morgan fingerprint density at radius 2 is 1.70 bits per heavy atom. The van der Waals surface area contributed by atoms with Gasteiger partial charge in [0.15, 0.2) is 11.5 Å². The molecule has 0 aliphatic carbocycles. The van der Waals surface area contributed by atoms with Crippen LogP contribution in [0.3, 0.4) is 0 Å². The minimum Gasteiger partial charge on any atom is -0.493 e. The molecular weight excluding hydrogens is 362 g/mol. The van der Waals surface area contributed by atoms with Gasteiger partial charge in [0.2, 0.25) is 5.75 Å². The number of para-hydroxylation sites is 1. The smallest absolute Gasteiger partial charge is 0.257 e. The zero-order chi connectivity index (χ0) is 17.0. The number of benzene rings is 2. The zero-order valence-electron chi connectivity index (χ0n) is 13.4. The summed E-state index contributed by atoms with van der Waals surface area (Å²) in [6, 6.07) is 9.17. The van der Waals surface area contributed by atoms with Crippen LogP contribution in [0.25, 0.3) is 0 Å². The average Bonchev–Trinajstić information content (AvgIpc) is 2.56. The van der Waals surface area contributed by atoms with Gasteiger partial charge in [0.05, 0.1) is 31.4 Å². The number of aryl methyl sites for hydroxylation is 1. The van der Waals surface area contributed by atoms with Crippen molar-refractivity contribution in [1.82, 2.24) is 0 Å². The van der Waals surface area contributed by atoms with Gasteiger partial charge in [-0.1, -0.05) is 18.2 Å². The van der Waals surface area contributed by atoms with Crippen LogP contribution < -0.4 is 19.5 Å². The number of nitrogens with one attached hydrogen (secondary N) is 1. The van der Waals surface area contributed by atoms with Gasteiger partial charge in [-0.05, 0) is 40.5 Å². The maximum absolute atomic E-state index is 12.6. The second-order valence-electron chi connectivity index (χ2n) is 4.78. The molecule has 0 aliphatic rings. The number of ether oxygens (including phenoxy) is 3. The van der Waals surface area contributed by atoms with Crippen LogP contribution >= 0.6 is 15.9 Å². The molecule has 0 fully saturated rings.